The van der Waals surface area contributed by atoms with Crippen LogP contribution in [0.25, 0.3) is 11.0 Å². The van der Waals surface area contributed by atoms with E-state index >= 15 is 0 Å². The van der Waals surface area contributed by atoms with Crippen LogP contribution in [-0.4, -0.2) is 29.2 Å². The molecule has 4 heteroatoms. The SMILES string of the molecule is c1cc2c3c(cnc2[nH]1)OCCN3C1CCC1. The molecule has 4 nitrogen and oxygen atoms in total. The molecule has 2 aliphatic rings. The van der Waals surface area contributed by atoms with Crippen molar-refractivity contribution in [2.45, 2.75) is 25.3 Å². The van der Waals surface area contributed by atoms with Gasteiger partial charge in [0.25, 0.3) is 0 Å². The zero-order chi connectivity index (χ0) is 11.2. The number of hydrogen-bond donors (Lipinski definition) is 1. The van der Waals surface area contributed by atoms with E-state index in [4.69, 9.17) is 4.74 Å². The van der Waals surface area contributed by atoms with Crippen molar-refractivity contribution in [1.29, 1.82) is 0 Å². The molecule has 0 unspecified atom stereocenters. The van der Waals surface area contributed by atoms with Crippen LogP contribution in [0.2, 0.25) is 0 Å². The van der Waals surface area contributed by atoms with E-state index in [-0.39, 0.29) is 0 Å². The quantitative estimate of drug-likeness (QED) is 0.815. The van der Waals surface area contributed by atoms with Crippen LogP contribution in [0.5, 0.6) is 5.75 Å². The highest BCUT2D eigenvalue weighted by Gasteiger charge is 2.31. The lowest BCUT2D eigenvalue weighted by Gasteiger charge is -2.42. The van der Waals surface area contributed by atoms with Crippen LogP contribution < -0.4 is 9.64 Å². The molecule has 3 heterocycles. The van der Waals surface area contributed by atoms with Crippen LogP contribution in [-0.2, 0) is 0 Å². The van der Waals surface area contributed by atoms with E-state index in [1.807, 2.05) is 12.4 Å². The molecule has 1 saturated carbocycles. The number of H-pyrrole nitrogens is 1. The molecule has 17 heavy (non-hydrogen) atoms. The van der Waals surface area contributed by atoms with Crippen molar-refractivity contribution < 1.29 is 4.74 Å². The first kappa shape index (κ1) is 9.33. The Morgan fingerprint density at radius 1 is 1.41 bits per heavy atom. The minimum absolute atomic E-state index is 0.707. The third-order valence-electron chi connectivity index (χ3n) is 3.92. The van der Waals surface area contributed by atoms with Gasteiger partial charge in [0.05, 0.1) is 18.4 Å². The molecule has 2 aromatic heterocycles. The van der Waals surface area contributed by atoms with Gasteiger partial charge in [-0.1, -0.05) is 0 Å². The van der Waals surface area contributed by atoms with Gasteiger partial charge >= 0.3 is 0 Å². The molecule has 4 rings (SSSR count). The third kappa shape index (κ3) is 1.27. The van der Waals surface area contributed by atoms with Crippen LogP contribution in [0.4, 0.5) is 5.69 Å². The van der Waals surface area contributed by atoms with E-state index in [9.17, 15) is 0 Å². The first-order chi connectivity index (χ1) is 8.43. The molecule has 0 atom stereocenters. The van der Waals surface area contributed by atoms with Gasteiger partial charge in [-0.05, 0) is 25.3 Å². The molecular formula is C13H15N3O. The summed E-state index contributed by atoms with van der Waals surface area (Å²) in [4.78, 5) is 10.1. The van der Waals surface area contributed by atoms with Gasteiger partial charge in [-0.15, -0.1) is 0 Å². The van der Waals surface area contributed by atoms with E-state index in [0.717, 1.165) is 24.5 Å². The standard InChI is InChI=1S/C13H15N3O/c1-2-9(3-1)16-6-7-17-11-8-15-13-10(12(11)16)4-5-14-13/h4-5,8-9H,1-3,6-7H2,(H,14,15). The fourth-order valence-corrected chi connectivity index (χ4v) is 2.81. The van der Waals surface area contributed by atoms with Crippen molar-refractivity contribution in [1.82, 2.24) is 9.97 Å². The molecule has 1 fully saturated rings. The molecule has 1 aliphatic carbocycles. The number of pyridine rings is 1. The Balaban J connectivity index is 1.91. The predicted molar refractivity (Wildman–Crippen MR) is 66.6 cm³/mol. The van der Waals surface area contributed by atoms with Gasteiger partial charge in [0.2, 0.25) is 0 Å². The molecule has 0 aromatic carbocycles. The first-order valence-corrected chi connectivity index (χ1v) is 6.29. The van der Waals surface area contributed by atoms with Gasteiger partial charge < -0.3 is 14.6 Å². The lowest BCUT2D eigenvalue weighted by molar-refractivity contribution is 0.279. The first-order valence-electron chi connectivity index (χ1n) is 6.29. The summed E-state index contributed by atoms with van der Waals surface area (Å²) >= 11 is 0. The lowest BCUT2D eigenvalue weighted by atomic mass is 9.90. The molecule has 88 valence electrons. The second-order valence-corrected chi connectivity index (χ2v) is 4.84. The highest BCUT2D eigenvalue weighted by molar-refractivity contribution is 5.93. The monoisotopic (exact) mass is 229 g/mol. The number of nitrogens with one attached hydrogen (secondary N) is 1. The highest BCUT2D eigenvalue weighted by Crippen LogP contribution is 2.41. The van der Waals surface area contributed by atoms with E-state index in [2.05, 4.69) is 20.9 Å². The number of fused-ring (bicyclic) bond motifs is 3. The number of aromatic nitrogens is 2. The largest absolute Gasteiger partial charge is 0.488 e. The Morgan fingerprint density at radius 2 is 2.35 bits per heavy atom. The maximum absolute atomic E-state index is 5.73. The molecule has 0 bridgehead atoms. The van der Waals surface area contributed by atoms with Crippen LogP contribution >= 0.6 is 0 Å². The van der Waals surface area contributed by atoms with Crippen LogP contribution in [0.1, 0.15) is 19.3 Å². The molecule has 1 aliphatic heterocycles. The van der Waals surface area contributed by atoms with Crippen molar-refractivity contribution in [2.75, 3.05) is 18.1 Å². The lowest BCUT2D eigenvalue weighted by Crippen LogP contribution is -2.44. The normalized spacial score (nSPS) is 19.9. The number of anilines is 1. The minimum Gasteiger partial charge on any atom is -0.488 e. The molecular weight excluding hydrogens is 214 g/mol. The number of rotatable bonds is 1. The van der Waals surface area contributed by atoms with E-state index in [1.165, 1.54) is 30.3 Å². The summed E-state index contributed by atoms with van der Waals surface area (Å²) < 4.78 is 5.73. The van der Waals surface area contributed by atoms with Crippen molar-refractivity contribution >= 4 is 16.7 Å². The number of ether oxygens (including phenoxy) is 1. The summed E-state index contributed by atoms with van der Waals surface area (Å²) in [5, 5.41) is 1.19. The second-order valence-electron chi connectivity index (χ2n) is 4.84. The molecule has 0 saturated heterocycles. The van der Waals surface area contributed by atoms with Crippen molar-refractivity contribution in [3.8, 4) is 5.75 Å². The van der Waals surface area contributed by atoms with E-state index in [1.54, 1.807) is 0 Å². The molecule has 2 aromatic rings. The van der Waals surface area contributed by atoms with E-state index < -0.39 is 0 Å². The Labute approximate surface area is 99.6 Å². The molecule has 0 amide bonds. The molecule has 0 radical (unpaired) electrons. The summed E-state index contributed by atoms with van der Waals surface area (Å²) in [6.45, 7) is 1.78. The highest BCUT2D eigenvalue weighted by atomic mass is 16.5. The fraction of sp³-hybridized carbons (Fsp3) is 0.462. The van der Waals surface area contributed by atoms with Crippen molar-refractivity contribution in [2.24, 2.45) is 0 Å². The Kier molecular flexibility index (Phi) is 1.86. The summed E-state index contributed by atoms with van der Waals surface area (Å²) in [5.74, 6) is 0.940. The minimum atomic E-state index is 0.707. The second kappa shape index (κ2) is 3.39. The Morgan fingerprint density at radius 3 is 3.18 bits per heavy atom. The van der Waals surface area contributed by atoms with Crippen LogP contribution in [0, 0.1) is 0 Å². The zero-order valence-electron chi connectivity index (χ0n) is 9.65. The van der Waals surface area contributed by atoms with Crippen LogP contribution in [0.15, 0.2) is 18.5 Å². The van der Waals surface area contributed by atoms with Crippen molar-refractivity contribution in [3.05, 3.63) is 18.5 Å². The predicted octanol–water partition coefficient (Wildman–Crippen LogP) is 2.31. The fourth-order valence-electron chi connectivity index (χ4n) is 2.81. The topological polar surface area (TPSA) is 41.1 Å². The Hall–Kier alpha value is -1.71. The van der Waals surface area contributed by atoms with Gasteiger partial charge in [-0.3, -0.25) is 0 Å². The number of hydrogen-bond acceptors (Lipinski definition) is 3. The number of nitrogens with zero attached hydrogens (tertiary/aromatic N) is 2. The maximum Gasteiger partial charge on any atom is 0.161 e. The summed E-state index contributed by atoms with van der Waals surface area (Å²) in [6, 6.07) is 2.81. The van der Waals surface area contributed by atoms with Gasteiger partial charge in [-0.25, -0.2) is 4.98 Å². The third-order valence-corrected chi connectivity index (χ3v) is 3.92. The smallest absolute Gasteiger partial charge is 0.161 e. The summed E-state index contributed by atoms with van der Waals surface area (Å²) in [6.07, 6.45) is 7.78. The van der Waals surface area contributed by atoms with Gasteiger partial charge in [0.1, 0.15) is 12.3 Å². The summed E-state index contributed by atoms with van der Waals surface area (Å²) in [5.41, 5.74) is 2.20. The van der Waals surface area contributed by atoms with Gasteiger partial charge in [0.15, 0.2) is 5.75 Å². The molecule has 0 spiro atoms. The maximum atomic E-state index is 5.73. The zero-order valence-corrected chi connectivity index (χ0v) is 9.65. The average Bonchev–Trinajstić information content (AvgIpc) is 2.74. The molecule has 1 N–H and O–H groups in total. The average molecular weight is 229 g/mol. The van der Waals surface area contributed by atoms with E-state index in [0.29, 0.717) is 6.04 Å². The van der Waals surface area contributed by atoms with Crippen molar-refractivity contribution in [3.63, 3.8) is 0 Å². The van der Waals surface area contributed by atoms with Gasteiger partial charge in [0, 0.05) is 17.6 Å². The summed E-state index contributed by atoms with van der Waals surface area (Å²) in [7, 11) is 0. The van der Waals surface area contributed by atoms with Crippen LogP contribution in [0.3, 0.4) is 0 Å². The van der Waals surface area contributed by atoms with Gasteiger partial charge in [-0.2, -0.15) is 0 Å². The number of aromatic amines is 1. The Bertz CT molecular complexity index is 559.